The zero-order chi connectivity index (χ0) is 14.7. The first-order chi connectivity index (χ1) is 10.2. The number of pyridine rings is 1. The van der Waals surface area contributed by atoms with Gasteiger partial charge in [0.1, 0.15) is 11.6 Å². The van der Waals surface area contributed by atoms with Crippen LogP contribution in [0.15, 0.2) is 12.3 Å². The summed E-state index contributed by atoms with van der Waals surface area (Å²) in [5, 5.41) is 3.45. The molecule has 116 valence electrons. The molecule has 5 heteroatoms. The Labute approximate surface area is 126 Å². The van der Waals surface area contributed by atoms with Crippen LogP contribution in [0, 0.1) is 5.82 Å². The van der Waals surface area contributed by atoms with Gasteiger partial charge in [0, 0.05) is 38.3 Å². The molecule has 4 nitrogen and oxygen atoms in total. The molecule has 1 N–H and O–H groups in total. The summed E-state index contributed by atoms with van der Waals surface area (Å²) in [4.78, 5) is 8.96. The SMILES string of the molecule is CN(CCN1CCCC1)c1ncc(F)cc1CNC1CC1. The van der Waals surface area contributed by atoms with Crippen LogP contribution >= 0.6 is 0 Å². The highest BCUT2D eigenvalue weighted by Gasteiger charge is 2.21. The van der Waals surface area contributed by atoms with Crippen molar-refractivity contribution in [2.75, 3.05) is 38.1 Å². The Bertz CT molecular complexity index is 469. The van der Waals surface area contributed by atoms with Gasteiger partial charge >= 0.3 is 0 Å². The molecule has 2 heterocycles. The third-order valence-electron chi connectivity index (χ3n) is 4.38. The van der Waals surface area contributed by atoms with Gasteiger partial charge in [0.2, 0.25) is 0 Å². The van der Waals surface area contributed by atoms with Gasteiger partial charge in [0.15, 0.2) is 0 Å². The summed E-state index contributed by atoms with van der Waals surface area (Å²) in [6.45, 7) is 5.13. The fraction of sp³-hybridized carbons (Fsp3) is 0.688. The molecule has 0 radical (unpaired) electrons. The molecule has 0 aromatic carbocycles. The molecular weight excluding hydrogens is 267 g/mol. The van der Waals surface area contributed by atoms with Gasteiger partial charge in [0.05, 0.1) is 6.20 Å². The Kier molecular flexibility index (Phi) is 4.70. The van der Waals surface area contributed by atoms with Crippen LogP contribution in [0.25, 0.3) is 0 Å². The monoisotopic (exact) mass is 292 g/mol. The summed E-state index contributed by atoms with van der Waals surface area (Å²) in [5.74, 6) is 0.656. The summed E-state index contributed by atoms with van der Waals surface area (Å²) >= 11 is 0. The normalized spacial score (nSPS) is 19.1. The highest BCUT2D eigenvalue weighted by molar-refractivity contribution is 5.46. The number of hydrogen-bond acceptors (Lipinski definition) is 4. The lowest BCUT2D eigenvalue weighted by atomic mass is 10.2. The zero-order valence-corrected chi connectivity index (χ0v) is 12.8. The van der Waals surface area contributed by atoms with Crippen molar-refractivity contribution in [3.05, 3.63) is 23.6 Å². The van der Waals surface area contributed by atoms with Crippen molar-refractivity contribution >= 4 is 5.82 Å². The van der Waals surface area contributed by atoms with Crippen LogP contribution in [0.5, 0.6) is 0 Å². The van der Waals surface area contributed by atoms with Gasteiger partial charge in [0.25, 0.3) is 0 Å². The van der Waals surface area contributed by atoms with Gasteiger partial charge in [-0.3, -0.25) is 0 Å². The zero-order valence-electron chi connectivity index (χ0n) is 12.8. The van der Waals surface area contributed by atoms with E-state index in [1.54, 1.807) is 6.07 Å². The minimum Gasteiger partial charge on any atom is -0.358 e. The molecule has 3 rings (SSSR count). The molecule has 1 aliphatic heterocycles. The molecule has 0 unspecified atom stereocenters. The molecule has 21 heavy (non-hydrogen) atoms. The number of nitrogens with zero attached hydrogens (tertiary/aromatic N) is 3. The summed E-state index contributed by atoms with van der Waals surface area (Å²) in [6, 6.07) is 2.24. The van der Waals surface area contributed by atoms with Gasteiger partial charge in [-0.25, -0.2) is 9.37 Å². The molecule has 1 aliphatic carbocycles. The average Bonchev–Trinajstić information content (AvgIpc) is 3.16. The molecule has 0 spiro atoms. The Morgan fingerprint density at radius 3 is 2.86 bits per heavy atom. The first kappa shape index (κ1) is 14.7. The summed E-state index contributed by atoms with van der Waals surface area (Å²) in [7, 11) is 2.05. The second-order valence-electron chi connectivity index (χ2n) is 6.26. The molecule has 1 saturated heterocycles. The van der Waals surface area contributed by atoms with Gasteiger partial charge in [-0.1, -0.05) is 0 Å². The van der Waals surface area contributed by atoms with E-state index in [1.807, 2.05) is 0 Å². The average molecular weight is 292 g/mol. The van der Waals surface area contributed by atoms with Gasteiger partial charge in [-0.2, -0.15) is 0 Å². The Morgan fingerprint density at radius 2 is 2.14 bits per heavy atom. The van der Waals surface area contributed by atoms with Crippen LogP contribution in [0.1, 0.15) is 31.2 Å². The van der Waals surface area contributed by atoms with Crippen molar-refractivity contribution in [3.63, 3.8) is 0 Å². The van der Waals surface area contributed by atoms with E-state index in [0.717, 1.165) is 24.5 Å². The minimum absolute atomic E-state index is 0.251. The fourth-order valence-electron chi connectivity index (χ4n) is 2.89. The van der Waals surface area contributed by atoms with Crippen molar-refractivity contribution in [3.8, 4) is 0 Å². The number of likely N-dealkylation sites (N-methyl/N-ethyl adjacent to an activating group) is 1. The van der Waals surface area contributed by atoms with Crippen molar-refractivity contribution in [1.29, 1.82) is 0 Å². The molecular formula is C16H25FN4. The number of hydrogen-bond donors (Lipinski definition) is 1. The number of anilines is 1. The van der Waals surface area contributed by atoms with E-state index >= 15 is 0 Å². The quantitative estimate of drug-likeness (QED) is 0.833. The van der Waals surface area contributed by atoms with Crippen LogP contribution in [-0.4, -0.2) is 49.2 Å². The van der Waals surface area contributed by atoms with Crippen molar-refractivity contribution in [1.82, 2.24) is 15.2 Å². The van der Waals surface area contributed by atoms with E-state index in [0.29, 0.717) is 12.6 Å². The molecule has 2 aliphatic rings. The van der Waals surface area contributed by atoms with E-state index in [9.17, 15) is 4.39 Å². The number of halogens is 1. The number of aromatic nitrogens is 1. The standard InChI is InChI=1S/C16H25FN4/c1-20(8-9-21-6-2-3-7-21)16-13(10-14(17)12-19-16)11-18-15-4-5-15/h10,12,15,18H,2-9,11H2,1H3. The molecule has 1 aromatic rings. The highest BCUT2D eigenvalue weighted by atomic mass is 19.1. The predicted octanol–water partition coefficient (Wildman–Crippen LogP) is 2.00. The third kappa shape index (κ3) is 4.14. The number of rotatable bonds is 7. The molecule has 0 bridgehead atoms. The first-order valence-corrected chi connectivity index (χ1v) is 8.03. The van der Waals surface area contributed by atoms with Crippen molar-refractivity contribution in [2.45, 2.75) is 38.3 Å². The molecule has 0 atom stereocenters. The van der Waals surface area contributed by atoms with Crippen LogP contribution in [0.4, 0.5) is 10.2 Å². The highest BCUT2D eigenvalue weighted by Crippen LogP contribution is 2.22. The summed E-state index contributed by atoms with van der Waals surface area (Å²) in [6.07, 6.45) is 6.43. The lowest BCUT2D eigenvalue weighted by molar-refractivity contribution is 0.346. The van der Waals surface area contributed by atoms with E-state index < -0.39 is 0 Å². The van der Waals surface area contributed by atoms with E-state index in [4.69, 9.17) is 0 Å². The summed E-state index contributed by atoms with van der Waals surface area (Å²) < 4.78 is 13.5. The minimum atomic E-state index is -0.251. The van der Waals surface area contributed by atoms with Gasteiger partial charge in [-0.15, -0.1) is 0 Å². The molecule has 1 saturated carbocycles. The van der Waals surface area contributed by atoms with Gasteiger partial charge in [-0.05, 0) is 44.8 Å². The topological polar surface area (TPSA) is 31.4 Å². The van der Waals surface area contributed by atoms with Crippen LogP contribution in [0.3, 0.4) is 0 Å². The summed E-state index contributed by atoms with van der Waals surface area (Å²) in [5.41, 5.74) is 0.964. The number of nitrogens with one attached hydrogen (secondary N) is 1. The second kappa shape index (κ2) is 6.71. The maximum atomic E-state index is 13.5. The van der Waals surface area contributed by atoms with Gasteiger partial charge < -0.3 is 15.1 Å². The molecule has 1 aromatic heterocycles. The van der Waals surface area contributed by atoms with E-state index in [-0.39, 0.29) is 5.82 Å². The lowest BCUT2D eigenvalue weighted by Crippen LogP contribution is -2.32. The lowest BCUT2D eigenvalue weighted by Gasteiger charge is -2.24. The first-order valence-electron chi connectivity index (χ1n) is 8.03. The van der Waals surface area contributed by atoms with Crippen LogP contribution < -0.4 is 10.2 Å². The fourth-order valence-corrected chi connectivity index (χ4v) is 2.89. The van der Waals surface area contributed by atoms with E-state index in [2.05, 4.69) is 27.1 Å². The van der Waals surface area contributed by atoms with Crippen LogP contribution in [-0.2, 0) is 6.54 Å². The smallest absolute Gasteiger partial charge is 0.141 e. The molecule has 2 fully saturated rings. The predicted molar refractivity (Wildman–Crippen MR) is 83.0 cm³/mol. The molecule has 0 amide bonds. The number of likely N-dealkylation sites (tertiary alicyclic amines) is 1. The largest absolute Gasteiger partial charge is 0.358 e. The maximum Gasteiger partial charge on any atom is 0.141 e. The third-order valence-corrected chi connectivity index (χ3v) is 4.38. The van der Waals surface area contributed by atoms with Crippen LogP contribution in [0.2, 0.25) is 0 Å². The van der Waals surface area contributed by atoms with E-state index in [1.165, 1.54) is 45.0 Å². The second-order valence-corrected chi connectivity index (χ2v) is 6.26. The van der Waals surface area contributed by atoms with Crippen molar-refractivity contribution < 1.29 is 4.39 Å². The Morgan fingerprint density at radius 1 is 1.38 bits per heavy atom. The Balaban J connectivity index is 1.60. The maximum absolute atomic E-state index is 13.5. The van der Waals surface area contributed by atoms with Crippen molar-refractivity contribution in [2.24, 2.45) is 0 Å². The Hall–Kier alpha value is -1.20.